The molecule has 4 heteroatoms. The minimum Gasteiger partial charge on any atom is -0.396 e. The van der Waals surface area contributed by atoms with Gasteiger partial charge >= 0.3 is 0 Å². The molecule has 19 heavy (non-hydrogen) atoms. The van der Waals surface area contributed by atoms with Gasteiger partial charge in [0, 0.05) is 26.2 Å². The summed E-state index contributed by atoms with van der Waals surface area (Å²) in [6, 6.07) is 0.0135. The molecule has 1 N–H and O–H groups in total. The molecule has 2 heterocycles. The fourth-order valence-electron chi connectivity index (χ4n) is 3.40. The molecule has 2 atom stereocenters. The summed E-state index contributed by atoms with van der Waals surface area (Å²) in [5, 5.41) is 9.06. The molecule has 1 amide bonds. The van der Waals surface area contributed by atoms with Crippen LogP contribution in [0.5, 0.6) is 0 Å². The number of hydrogen-bond donors (Lipinski definition) is 1. The summed E-state index contributed by atoms with van der Waals surface area (Å²) in [4.78, 5) is 16.9. The number of aliphatic hydroxyl groups excluding tert-OH is 1. The molecule has 2 rings (SSSR count). The molecule has 4 nitrogen and oxygen atoms in total. The van der Waals surface area contributed by atoms with Crippen molar-refractivity contribution in [2.45, 2.75) is 51.5 Å². The maximum absolute atomic E-state index is 12.5. The zero-order valence-electron chi connectivity index (χ0n) is 12.2. The second-order valence-corrected chi connectivity index (χ2v) is 6.08. The van der Waals surface area contributed by atoms with Crippen LogP contribution in [0.25, 0.3) is 0 Å². The van der Waals surface area contributed by atoms with Crippen molar-refractivity contribution in [3.05, 3.63) is 0 Å². The van der Waals surface area contributed by atoms with Gasteiger partial charge in [-0.25, -0.2) is 0 Å². The highest BCUT2D eigenvalue weighted by atomic mass is 16.3. The smallest absolute Gasteiger partial charge is 0.239 e. The summed E-state index contributed by atoms with van der Waals surface area (Å²) in [6.45, 7) is 6.21. The standard InChI is InChI=1S/C15H28N2O2/c1-13(15(19)16-8-3-2-4-9-16)17-10-5-6-14(12-17)7-11-18/h13-14,18H,2-12H2,1H3. The van der Waals surface area contributed by atoms with Crippen LogP contribution < -0.4 is 0 Å². The first kappa shape index (κ1) is 14.8. The van der Waals surface area contributed by atoms with Crippen molar-refractivity contribution in [1.82, 2.24) is 9.80 Å². The lowest BCUT2D eigenvalue weighted by Gasteiger charge is -2.38. The molecule has 0 aromatic carbocycles. The highest BCUT2D eigenvalue weighted by molar-refractivity contribution is 5.81. The summed E-state index contributed by atoms with van der Waals surface area (Å²) < 4.78 is 0. The zero-order valence-corrected chi connectivity index (χ0v) is 12.2. The van der Waals surface area contributed by atoms with Gasteiger partial charge in [-0.3, -0.25) is 9.69 Å². The Balaban J connectivity index is 1.86. The van der Waals surface area contributed by atoms with Gasteiger partial charge in [-0.1, -0.05) is 0 Å². The maximum Gasteiger partial charge on any atom is 0.239 e. The lowest BCUT2D eigenvalue weighted by Crippen LogP contribution is -2.51. The van der Waals surface area contributed by atoms with Crippen molar-refractivity contribution in [1.29, 1.82) is 0 Å². The number of aliphatic hydroxyl groups is 1. The summed E-state index contributed by atoms with van der Waals surface area (Å²) in [5.41, 5.74) is 0. The van der Waals surface area contributed by atoms with Crippen LogP contribution in [0, 0.1) is 5.92 Å². The first-order valence-corrected chi connectivity index (χ1v) is 7.86. The van der Waals surface area contributed by atoms with Crippen molar-refractivity contribution >= 4 is 5.91 Å². The number of carbonyl (C=O) groups excluding carboxylic acids is 1. The highest BCUT2D eigenvalue weighted by Gasteiger charge is 2.30. The van der Waals surface area contributed by atoms with E-state index in [2.05, 4.69) is 11.8 Å². The Morgan fingerprint density at radius 1 is 1.21 bits per heavy atom. The fraction of sp³-hybridized carbons (Fsp3) is 0.933. The van der Waals surface area contributed by atoms with Gasteiger partial charge in [-0.05, 0) is 57.9 Å². The monoisotopic (exact) mass is 268 g/mol. The molecule has 2 saturated heterocycles. The Kier molecular flexibility index (Phi) is 5.64. The Bertz CT molecular complexity index is 288. The van der Waals surface area contributed by atoms with Crippen LogP contribution in [-0.2, 0) is 4.79 Å². The minimum absolute atomic E-state index is 0.0135. The van der Waals surface area contributed by atoms with Gasteiger partial charge in [-0.2, -0.15) is 0 Å². The zero-order chi connectivity index (χ0) is 13.7. The van der Waals surface area contributed by atoms with Crippen LogP contribution in [0.4, 0.5) is 0 Å². The molecule has 0 aromatic rings. The summed E-state index contributed by atoms with van der Waals surface area (Å²) >= 11 is 0. The van der Waals surface area contributed by atoms with E-state index in [1.807, 2.05) is 4.90 Å². The van der Waals surface area contributed by atoms with Crippen LogP contribution in [0.2, 0.25) is 0 Å². The number of nitrogens with zero attached hydrogens (tertiary/aromatic N) is 2. The van der Waals surface area contributed by atoms with Gasteiger partial charge in [-0.15, -0.1) is 0 Å². The SMILES string of the molecule is CC(C(=O)N1CCCCC1)N1CCCC(CCO)C1. The topological polar surface area (TPSA) is 43.8 Å². The third-order valence-electron chi connectivity index (χ3n) is 4.66. The second-order valence-electron chi connectivity index (χ2n) is 6.08. The normalized spacial score (nSPS) is 27.3. The Hall–Kier alpha value is -0.610. The number of piperidine rings is 2. The van der Waals surface area contributed by atoms with Crippen LogP contribution in [0.15, 0.2) is 0 Å². The molecule has 0 aromatic heterocycles. The van der Waals surface area contributed by atoms with E-state index in [1.54, 1.807) is 0 Å². The van der Waals surface area contributed by atoms with Gasteiger partial charge in [0.25, 0.3) is 0 Å². The predicted molar refractivity (Wildman–Crippen MR) is 75.9 cm³/mol. The van der Waals surface area contributed by atoms with Gasteiger partial charge in [0.05, 0.1) is 6.04 Å². The molecular formula is C15H28N2O2. The van der Waals surface area contributed by atoms with E-state index >= 15 is 0 Å². The molecule has 2 unspecified atom stereocenters. The number of likely N-dealkylation sites (tertiary alicyclic amines) is 2. The minimum atomic E-state index is 0.0135. The van der Waals surface area contributed by atoms with E-state index in [0.29, 0.717) is 11.8 Å². The van der Waals surface area contributed by atoms with E-state index in [1.165, 1.54) is 12.8 Å². The van der Waals surface area contributed by atoms with Crippen molar-refractivity contribution in [2.75, 3.05) is 32.8 Å². The third kappa shape index (κ3) is 3.93. The van der Waals surface area contributed by atoms with Crippen LogP contribution in [-0.4, -0.2) is 59.6 Å². The Labute approximate surface area is 116 Å². The average Bonchev–Trinajstić information content (AvgIpc) is 2.47. The Morgan fingerprint density at radius 2 is 1.95 bits per heavy atom. The molecule has 0 spiro atoms. The Morgan fingerprint density at radius 3 is 2.63 bits per heavy atom. The lowest BCUT2D eigenvalue weighted by molar-refractivity contribution is -0.138. The molecule has 0 bridgehead atoms. The molecule has 2 fully saturated rings. The van der Waals surface area contributed by atoms with Crippen molar-refractivity contribution in [3.63, 3.8) is 0 Å². The third-order valence-corrected chi connectivity index (χ3v) is 4.66. The molecule has 110 valence electrons. The second kappa shape index (κ2) is 7.25. The first-order chi connectivity index (χ1) is 9.22. The van der Waals surface area contributed by atoms with Gasteiger partial charge in [0.1, 0.15) is 0 Å². The fourth-order valence-corrected chi connectivity index (χ4v) is 3.40. The largest absolute Gasteiger partial charge is 0.396 e. The summed E-state index contributed by atoms with van der Waals surface area (Å²) in [7, 11) is 0. The van der Waals surface area contributed by atoms with E-state index in [4.69, 9.17) is 5.11 Å². The molecule has 2 aliphatic rings. The number of amides is 1. The van der Waals surface area contributed by atoms with E-state index in [9.17, 15) is 4.79 Å². The van der Waals surface area contributed by atoms with Gasteiger partial charge in [0.15, 0.2) is 0 Å². The van der Waals surface area contributed by atoms with Crippen LogP contribution in [0.3, 0.4) is 0 Å². The quantitative estimate of drug-likeness (QED) is 0.840. The number of hydrogen-bond acceptors (Lipinski definition) is 3. The maximum atomic E-state index is 12.5. The summed E-state index contributed by atoms with van der Waals surface area (Å²) in [6.07, 6.45) is 6.81. The number of rotatable bonds is 4. The van der Waals surface area contributed by atoms with Crippen LogP contribution >= 0.6 is 0 Å². The highest BCUT2D eigenvalue weighted by Crippen LogP contribution is 2.22. The molecule has 0 saturated carbocycles. The molecule has 2 aliphatic heterocycles. The lowest BCUT2D eigenvalue weighted by atomic mass is 9.94. The van der Waals surface area contributed by atoms with E-state index < -0.39 is 0 Å². The van der Waals surface area contributed by atoms with Crippen molar-refractivity contribution < 1.29 is 9.90 Å². The molecular weight excluding hydrogens is 240 g/mol. The van der Waals surface area contributed by atoms with E-state index in [-0.39, 0.29) is 12.6 Å². The van der Waals surface area contributed by atoms with Gasteiger partial charge < -0.3 is 10.0 Å². The number of carbonyl (C=O) groups is 1. The van der Waals surface area contributed by atoms with Crippen LogP contribution in [0.1, 0.15) is 45.4 Å². The van der Waals surface area contributed by atoms with Crippen molar-refractivity contribution in [2.24, 2.45) is 5.92 Å². The summed E-state index contributed by atoms with van der Waals surface area (Å²) in [5.74, 6) is 0.875. The van der Waals surface area contributed by atoms with Gasteiger partial charge in [0.2, 0.25) is 5.91 Å². The molecule has 0 aliphatic carbocycles. The van der Waals surface area contributed by atoms with Crippen molar-refractivity contribution in [3.8, 4) is 0 Å². The van der Waals surface area contributed by atoms with E-state index in [0.717, 1.165) is 51.9 Å². The molecule has 0 radical (unpaired) electrons. The first-order valence-electron chi connectivity index (χ1n) is 7.86. The average molecular weight is 268 g/mol. The predicted octanol–water partition coefficient (Wildman–Crippen LogP) is 1.48.